The largest absolute Gasteiger partial charge is 0.471 e. The third kappa shape index (κ3) is 4.54. The highest BCUT2D eigenvalue weighted by Crippen LogP contribution is 2.30. The average Bonchev–Trinajstić information content (AvgIpc) is 3.15. The monoisotopic (exact) mass is 368 g/mol. The van der Waals surface area contributed by atoms with Crippen LogP contribution in [-0.2, 0) is 6.61 Å². The zero-order valence-corrected chi connectivity index (χ0v) is 15.5. The summed E-state index contributed by atoms with van der Waals surface area (Å²) in [6.07, 6.45) is 3.45. The van der Waals surface area contributed by atoms with Crippen molar-refractivity contribution >= 4 is 22.4 Å². The number of ether oxygens (including phenoxy) is 1. The Balaban J connectivity index is 1.75. The van der Waals surface area contributed by atoms with Gasteiger partial charge in [0.2, 0.25) is 5.88 Å². The Bertz CT molecular complexity index is 865. The van der Waals surface area contributed by atoms with Crippen molar-refractivity contribution in [3.05, 3.63) is 53.8 Å². The van der Waals surface area contributed by atoms with Crippen LogP contribution in [-0.4, -0.2) is 34.5 Å². The second-order valence-electron chi connectivity index (χ2n) is 5.23. The fraction of sp³-hybridized carbons (Fsp3) is 0.222. The number of guanidine groups is 1. The van der Waals surface area contributed by atoms with Crippen LogP contribution in [0.1, 0.15) is 12.6 Å². The molecule has 7 nitrogen and oxygen atoms in total. The average molecular weight is 368 g/mol. The van der Waals surface area contributed by atoms with E-state index in [1.165, 1.54) is 11.3 Å². The molecule has 0 radical (unpaired) electrons. The molecule has 0 fully saturated rings. The molecule has 0 saturated heterocycles. The Hall–Kier alpha value is -3.00. The van der Waals surface area contributed by atoms with Crippen LogP contribution in [0, 0.1) is 0 Å². The van der Waals surface area contributed by atoms with Gasteiger partial charge in [-0.25, -0.2) is 9.97 Å². The first-order chi connectivity index (χ1) is 12.8. The number of anilines is 1. The molecule has 3 rings (SSSR count). The van der Waals surface area contributed by atoms with Gasteiger partial charge >= 0.3 is 0 Å². The molecule has 0 unspecified atom stereocenters. The predicted octanol–water partition coefficient (Wildman–Crippen LogP) is 3.19. The molecule has 0 aromatic carbocycles. The summed E-state index contributed by atoms with van der Waals surface area (Å²) in [6, 6.07) is 9.53. The predicted molar refractivity (Wildman–Crippen MR) is 105 cm³/mol. The van der Waals surface area contributed by atoms with Gasteiger partial charge < -0.3 is 15.4 Å². The van der Waals surface area contributed by atoms with Gasteiger partial charge in [-0.05, 0) is 31.2 Å². The van der Waals surface area contributed by atoms with Crippen LogP contribution in [0.15, 0.2) is 53.1 Å². The highest BCUT2D eigenvalue weighted by molar-refractivity contribution is 7.14. The summed E-state index contributed by atoms with van der Waals surface area (Å²) < 4.78 is 5.86. The second kappa shape index (κ2) is 8.91. The molecule has 0 atom stereocenters. The molecule has 0 aliphatic heterocycles. The quantitative estimate of drug-likeness (QED) is 0.513. The van der Waals surface area contributed by atoms with E-state index in [0.717, 1.165) is 28.6 Å². The first-order valence-electron chi connectivity index (χ1n) is 8.21. The molecule has 0 aliphatic rings. The number of thiazole rings is 1. The maximum Gasteiger partial charge on any atom is 0.223 e. The number of hydrogen-bond donors (Lipinski definition) is 2. The number of hydrogen-bond acceptors (Lipinski definition) is 6. The minimum atomic E-state index is 0.354. The molecule has 3 heterocycles. The Morgan fingerprint density at radius 1 is 1.19 bits per heavy atom. The van der Waals surface area contributed by atoms with Crippen LogP contribution in [0.5, 0.6) is 5.88 Å². The number of nitrogens with zero attached hydrogens (tertiary/aromatic N) is 4. The van der Waals surface area contributed by atoms with Crippen molar-refractivity contribution in [1.82, 2.24) is 20.3 Å². The van der Waals surface area contributed by atoms with Gasteiger partial charge in [0.15, 0.2) is 11.1 Å². The van der Waals surface area contributed by atoms with Gasteiger partial charge in [0.1, 0.15) is 6.61 Å². The van der Waals surface area contributed by atoms with E-state index in [0.29, 0.717) is 18.4 Å². The summed E-state index contributed by atoms with van der Waals surface area (Å²) in [5, 5.41) is 9.03. The maximum atomic E-state index is 5.86. The lowest BCUT2D eigenvalue weighted by Gasteiger charge is -2.08. The molecule has 0 bridgehead atoms. The lowest BCUT2D eigenvalue weighted by molar-refractivity contribution is 0.290. The zero-order valence-electron chi connectivity index (χ0n) is 14.6. The maximum absolute atomic E-state index is 5.86. The van der Waals surface area contributed by atoms with Crippen molar-refractivity contribution in [3.63, 3.8) is 0 Å². The summed E-state index contributed by atoms with van der Waals surface area (Å²) in [7, 11) is 1.73. The van der Waals surface area contributed by atoms with Crippen LogP contribution < -0.4 is 15.4 Å². The van der Waals surface area contributed by atoms with Crippen molar-refractivity contribution in [2.45, 2.75) is 13.5 Å². The molecule has 0 spiro atoms. The van der Waals surface area contributed by atoms with Gasteiger partial charge in [-0.1, -0.05) is 6.07 Å². The number of nitrogens with one attached hydrogen (secondary N) is 2. The van der Waals surface area contributed by atoms with Crippen molar-refractivity contribution in [1.29, 1.82) is 0 Å². The van der Waals surface area contributed by atoms with Gasteiger partial charge in [0.25, 0.3) is 0 Å². The zero-order chi connectivity index (χ0) is 18.2. The molecular formula is C18H20N6OS. The van der Waals surface area contributed by atoms with Crippen molar-refractivity contribution < 1.29 is 4.74 Å². The third-order valence-electron chi connectivity index (χ3n) is 3.43. The molecular weight excluding hydrogens is 348 g/mol. The van der Waals surface area contributed by atoms with E-state index < -0.39 is 0 Å². The van der Waals surface area contributed by atoms with E-state index in [4.69, 9.17) is 4.74 Å². The van der Waals surface area contributed by atoms with E-state index in [1.807, 2.05) is 42.6 Å². The Morgan fingerprint density at radius 2 is 2.08 bits per heavy atom. The molecule has 134 valence electrons. The molecule has 26 heavy (non-hydrogen) atoms. The van der Waals surface area contributed by atoms with Gasteiger partial charge in [0.05, 0.1) is 17.0 Å². The van der Waals surface area contributed by atoms with Crippen molar-refractivity contribution in [2.24, 2.45) is 4.99 Å². The highest BCUT2D eigenvalue weighted by Gasteiger charge is 2.12. The lowest BCUT2D eigenvalue weighted by Crippen LogP contribution is -2.30. The first kappa shape index (κ1) is 17.8. The van der Waals surface area contributed by atoms with E-state index >= 15 is 0 Å². The van der Waals surface area contributed by atoms with E-state index in [2.05, 4.69) is 30.6 Å². The summed E-state index contributed by atoms with van der Waals surface area (Å²) in [4.78, 5) is 17.4. The van der Waals surface area contributed by atoms with Gasteiger partial charge in [-0.15, -0.1) is 11.3 Å². The third-order valence-corrected chi connectivity index (χ3v) is 4.19. The van der Waals surface area contributed by atoms with E-state index in [-0.39, 0.29) is 0 Å². The molecule has 3 aromatic rings. The van der Waals surface area contributed by atoms with E-state index in [1.54, 1.807) is 19.4 Å². The minimum absolute atomic E-state index is 0.354. The van der Waals surface area contributed by atoms with Crippen molar-refractivity contribution in [3.8, 4) is 17.1 Å². The number of pyridine rings is 2. The standard InChI is InChI=1S/C18H20N6OS/c1-3-20-17(19-2)24-18-23-15(12-26-18)14-8-6-10-22-16(14)25-11-13-7-4-5-9-21-13/h4-10,12H,3,11H2,1-2H3,(H2,19,20,23,24). The van der Waals surface area contributed by atoms with Crippen LogP contribution in [0.4, 0.5) is 5.13 Å². The SMILES string of the molecule is CCNC(=NC)Nc1nc(-c2cccnc2OCc2ccccn2)cs1. The summed E-state index contributed by atoms with van der Waals surface area (Å²) in [5.41, 5.74) is 2.49. The smallest absolute Gasteiger partial charge is 0.223 e. The molecule has 3 aromatic heterocycles. The molecule has 0 amide bonds. The Labute approximate surface area is 156 Å². The summed E-state index contributed by atoms with van der Waals surface area (Å²) in [5.74, 6) is 1.22. The lowest BCUT2D eigenvalue weighted by atomic mass is 10.2. The molecule has 2 N–H and O–H groups in total. The van der Waals surface area contributed by atoms with Gasteiger partial charge in [0, 0.05) is 31.4 Å². The first-order valence-corrected chi connectivity index (χ1v) is 9.09. The fourth-order valence-corrected chi connectivity index (χ4v) is 2.94. The minimum Gasteiger partial charge on any atom is -0.471 e. The summed E-state index contributed by atoms with van der Waals surface area (Å²) in [6.45, 7) is 3.15. The van der Waals surface area contributed by atoms with Gasteiger partial charge in [-0.3, -0.25) is 9.98 Å². The second-order valence-corrected chi connectivity index (χ2v) is 6.09. The normalized spacial score (nSPS) is 11.2. The van der Waals surface area contributed by atoms with Gasteiger partial charge in [-0.2, -0.15) is 0 Å². The highest BCUT2D eigenvalue weighted by atomic mass is 32.1. The Morgan fingerprint density at radius 3 is 2.85 bits per heavy atom. The van der Waals surface area contributed by atoms with Crippen molar-refractivity contribution in [2.75, 3.05) is 18.9 Å². The molecule has 0 saturated carbocycles. The number of rotatable bonds is 6. The number of aliphatic imine (C=N–C) groups is 1. The topological polar surface area (TPSA) is 84.3 Å². The van der Waals surface area contributed by atoms with Crippen LogP contribution in [0.2, 0.25) is 0 Å². The molecule has 0 aliphatic carbocycles. The summed E-state index contributed by atoms with van der Waals surface area (Å²) >= 11 is 1.50. The van der Waals surface area contributed by atoms with E-state index in [9.17, 15) is 0 Å². The fourth-order valence-electron chi connectivity index (χ4n) is 2.23. The van der Waals surface area contributed by atoms with Crippen LogP contribution >= 0.6 is 11.3 Å². The molecule has 8 heteroatoms. The Kier molecular flexibility index (Phi) is 6.10. The van der Waals surface area contributed by atoms with Crippen LogP contribution in [0.3, 0.4) is 0 Å². The number of aromatic nitrogens is 3. The van der Waals surface area contributed by atoms with Crippen LogP contribution in [0.25, 0.3) is 11.3 Å².